The maximum absolute atomic E-state index is 13.2. The lowest BCUT2D eigenvalue weighted by Crippen LogP contribution is -2.27. The van der Waals surface area contributed by atoms with Crippen LogP contribution >= 0.6 is 0 Å². The number of carbonyl (C=O) groups excluding carboxylic acids is 2. The van der Waals surface area contributed by atoms with Gasteiger partial charge in [0.25, 0.3) is 11.8 Å². The number of carbonyl (C=O) groups is 2. The second kappa shape index (κ2) is 10.3. The van der Waals surface area contributed by atoms with E-state index in [2.05, 4.69) is 10.6 Å². The second-order valence-corrected chi connectivity index (χ2v) is 6.85. The van der Waals surface area contributed by atoms with E-state index in [9.17, 15) is 18.4 Å². The fraction of sp³-hybridized carbons (Fsp3) is 0.167. The zero-order valence-electron chi connectivity index (χ0n) is 16.3. The number of amides is 2. The van der Waals surface area contributed by atoms with E-state index in [0.29, 0.717) is 37.1 Å². The van der Waals surface area contributed by atoms with Crippen LogP contribution in [-0.4, -0.2) is 24.9 Å². The highest BCUT2D eigenvalue weighted by Gasteiger charge is 2.09. The summed E-state index contributed by atoms with van der Waals surface area (Å²) in [4.78, 5) is 24.4. The molecule has 30 heavy (non-hydrogen) atoms. The molecule has 3 rings (SSSR count). The van der Waals surface area contributed by atoms with Crippen molar-refractivity contribution in [3.8, 4) is 0 Å². The van der Waals surface area contributed by atoms with Crippen molar-refractivity contribution >= 4 is 11.8 Å². The van der Waals surface area contributed by atoms with Gasteiger partial charge in [-0.15, -0.1) is 0 Å². The molecule has 0 aliphatic rings. The Balaban J connectivity index is 1.45. The number of hydrogen-bond donors (Lipinski definition) is 2. The first-order valence-electron chi connectivity index (χ1n) is 9.66. The van der Waals surface area contributed by atoms with Crippen molar-refractivity contribution < 1.29 is 18.4 Å². The Morgan fingerprint density at radius 1 is 0.633 bits per heavy atom. The predicted molar refractivity (Wildman–Crippen MR) is 111 cm³/mol. The average molecular weight is 408 g/mol. The third kappa shape index (κ3) is 6.24. The Hall–Kier alpha value is -3.54. The highest BCUT2D eigenvalue weighted by Crippen LogP contribution is 2.07. The van der Waals surface area contributed by atoms with Gasteiger partial charge in [0.2, 0.25) is 0 Å². The number of nitrogens with one attached hydrogen (secondary N) is 2. The summed E-state index contributed by atoms with van der Waals surface area (Å²) in [7, 11) is 0. The van der Waals surface area contributed by atoms with E-state index >= 15 is 0 Å². The molecule has 0 aromatic heterocycles. The number of rotatable bonds is 8. The first-order valence-corrected chi connectivity index (χ1v) is 9.66. The van der Waals surface area contributed by atoms with E-state index in [1.165, 1.54) is 24.3 Å². The molecule has 3 aromatic carbocycles. The van der Waals surface area contributed by atoms with Crippen LogP contribution in [0, 0.1) is 11.6 Å². The maximum Gasteiger partial charge on any atom is 0.251 e. The maximum atomic E-state index is 13.2. The average Bonchev–Trinajstić information content (AvgIpc) is 2.74. The van der Waals surface area contributed by atoms with Crippen molar-refractivity contribution in [1.29, 1.82) is 0 Å². The Morgan fingerprint density at radius 3 is 1.40 bits per heavy atom. The molecule has 154 valence electrons. The Bertz CT molecular complexity index is 937. The first-order chi connectivity index (χ1) is 14.5. The molecule has 0 aliphatic heterocycles. The Kier molecular flexibility index (Phi) is 7.27. The van der Waals surface area contributed by atoms with Gasteiger partial charge in [0.05, 0.1) is 0 Å². The predicted octanol–water partition coefficient (Wildman–Crippen LogP) is 3.91. The lowest BCUT2D eigenvalue weighted by Gasteiger charge is -2.08. The van der Waals surface area contributed by atoms with Crippen LogP contribution in [0.25, 0.3) is 0 Å². The molecule has 0 saturated carbocycles. The van der Waals surface area contributed by atoms with Gasteiger partial charge in [-0.2, -0.15) is 0 Å². The van der Waals surface area contributed by atoms with Crippen molar-refractivity contribution in [3.05, 3.63) is 107 Å². The van der Waals surface area contributed by atoms with E-state index < -0.39 is 0 Å². The molecule has 3 aromatic rings. The molecule has 0 bridgehead atoms. The van der Waals surface area contributed by atoms with E-state index in [-0.39, 0.29) is 23.4 Å². The fourth-order valence-corrected chi connectivity index (χ4v) is 3.00. The molecule has 0 saturated heterocycles. The minimum absolute atomic E-state index is 0.260. The molecule has 0 radical (unpaired) electrons. The zero-order chi connectivity index (χ0) is 21.3. The van der Waals surface area contributed by atoms with E-state index in [1.54, 1.807) is 48.5 Å². The summed E-state index contributed by atoms with van der Waals surface area (Å²) in [5.41, 5.74) is 2.48. The molecular formula is C24H22F2N2O2. The molecule has 0 atom stereocenters. The van der Waals surface area contributed by atoms with Crippen molar-refractivity contribution in [2.75, 3.05) is 13.1 Å². The summed E-state index contributed by atoms with van der Waals surface area (Å²) in [5.74, 6) is -1.12. The summed E-state index contributed by atoms with van der Waals surface area (Å²) in [6, 6.07) is 18.8. The molecule has 0 spiro atoms. The normalized spacial score (nSPS) is 10.5. The molecule has 0 fully saturated rings. The van der Waals surface area contributed by atoms with Gasteiger partial charge < -0.3 is 10.6 Å². The van der Waals surface area contributed by atoms with Crippen LogP contribution in [0.5, 0.6) is 0 Å². The zero-order valence-corrected chi connectivity index (χ0v) is 16.3. The second-order valence-electron chi connectivity index (χ2n) is 6.85. The molecule has 0 heterocycles. The van der Waals surface area contributed by atoms with Gasteiger partial charge in [-0.3, -0.25) is 9.59 Å². The van der Waals surface area contributed by atoms with Crippen molar-refractivity contribution in [3.63, 3.8) is 0 Å². The molecule has 2 amide bonds. The van der Waals surface area contributed by atoms with Gasteiger partial charge in [0, 0.05) is 24.2 Å². The van der Waals surface area contributed by atoms with Crippen molar-refractivity contribution in [2.24, 2.45) is 0 Å². The van der Waals surface area contributed by atoms with Crippen LogP contribution in [0.15, 0.2) is 72.8 Å². The molecule has 2 N–H and O–H groups in total. The lowest BCUT2D eigenvalue weighted by atomic mass is 10.1. The van der Waals surface area contributed by atoms with E-state index in [0.717, 1.165) is 11.1 Å². The van der Waals surface area contributed by atoms with Crippen LogP contribution in [0.1, 0.15) is 31.8 Å². The number of halogens is 2. The fourth-order valence-electron chi connectivity index (χ4n) is 3.00. The quantitative estimate of drug-likeness (QED) is 0.594. The van der Waals surface area contributed by atoms with E-state index in [4.69, 9.17) is 0 Å². The van der Waals surface area contributed by atoms with Gasteiger partial charge in [0.15, 0.2) is 0 Å². The number of hydrogen-bond acceptors (Lipinski definition) is 2. The highest BCUT2D eigenvalue weighted by atomic mass is 19.1. The third-order valence-electron chi connectivity index (χ3n) is 4.59. The molecule has 4 nitrogen and oxygen atoms in total. The lowest BCUT2D eigenvalue weighted by molar-refractivity contribution is 0.0942. The van der Waals surface area contributed by atoms with Crippen LogP contribution in [0.3, 0.4) is 0 Å². The Labute approximate surface area is 173 Å². The minimum Gasteiger partial charge on any atom is -0.352 e. The monoisotopic (exact) mass is 408 g/mol. The summed E-state index contributed by atoms with van der Waals surface area (Å²) in [6.45, 7) is 0.759. The van der Waals surface area contributed by atoms with Gasteiger partial charge in [-0.25, -0.2) is 8.78 Å². The molecule has 0 unspecified atom stereocenters. The summed E-state index contributed by atoms with van der Waals surface area (Å²) in [5, 5.41) is 5.56. The summed E-state index contributed by atoms with van der Waals surface area (Å²) < 4.78 is 26.3. The van der Waals surface area contributed by atoms with Crippen molar-refractivity contribution in [1.82, 2.24) is 10.6 Å². The third-order valence-corrected chi connectivity index (χ3v) is 4.59. The molecule has 0 aliphatic carbocycles. The van der Waals surface area contributed by atoms with Crippen LogP contribution < -0.4 is 10.6 Å². The van der Waals surface area contributed by atoms with Gasteiger partial charge in [0.1, 0.15) is 11.6 Å². The van der Waals surface area contributed by atoms with E-state index in [1.807, 2.05) is 0 Å². The van der Waals surface area contributed by atoms with Gasteiger partial charge >= 0.3 is 0 Å². The van der Waals surface area contributed by atoms with Gasteiger partial charge in [-0.05, 0) is 72.5 Å². The Morgan fingerprint density at radius 2 is 1.03 bits per heavy atom. The highest BCUT2D eigenvalue weighted by molar-refractivity contribution is 5.97. The molecule has 6 heteroatoms. The first kappa shape index (κ1) is 21.2. The topological polar surface area (TPSA) is 58.2 Å². The van der Waals surface area contributed by atoms with Crippen molar-refractivity contribution in [2.45, 2.75) is 12.8 Å². The standard InChI is InChI=1S/C24H22F2N2O2/c25-21-5-1-3-17(15-21)11-13-27-23(29)19-7-9-20(10-8-19)24(30)28-14-12-18-4-2-6-22(26)16-18/h1-10,15-16H,11-14H2,(H,27,29)(H,28,30). The SMILES string of the molecule is O=C(NCCc1cccc(F)c1)c1ccc(C(=O)NCCc2cccc(F)c2)cc1. The smallest absolute Gasteiger partial charge is 0.251 e. The minimum atomic E-state index is -0.302. The number of benzene rings is 3. The van der Waals surface area contributed by atoms with Crippen LogP contribution in [-0.2, 0) is 12.8 Å². The largest absolute Gasteiger partial charge is 0.352 e. The summed E-state index contributed by atoms with van der Waals surface area (Å²) >= 11 is 0. The van der Waals surface area contributed by atoms with Gasteiger partial charge in [-0.1, -0.05) is 24.3 Å². The molecular weight excluding hydrogens is 386 g/mol. The summed E-state index contributed by atoms with van der Waals surface area (Å²) in [6.07, 6.45) is 1.05. The van der Waals surface area contributed by atoms with Crippen LogP contribution in [0.2, 0.25) is 0 Å². The van der Waals surface area contributed by atoms with Crippen LogP contribution in [0.4, 0.5) is 8.78 Å².